The van der Waals surface area contributed by atoms with Crippen LogP contribution in [0.15, 0.2) is 41.0 Å². The molecule has 0 unspecified atom stereocenters. The monoisotopic (exact) mass is 245 g/mol. The van der Waals surface area contributed by atoms with Crippen molar-refractivity contribution in [3.8, 4) is 0 Å². The zero-order valence-electron chi connectivity index (χ0n) is 11.0. The molecule has 0 aliphatic heterocycles. The molecule has 18 heavy (non-hydrogen) atoms. The molecule has 0 radical (unpaired) electrons. The number of nitrogens with zero attached hydrogens (tertiary/aromatic N) is 1. The molecule has 0 atom stereocenters. The maximum absolute atomic E-state index is 10.5. The van der Waals surface area contributed by atoms with Crippen molar-refractivity contribution < 1.29 is 4.79 Å². The molecule has 0 amide bonds. The van der Waals surface area contributed by atoms with Crippen LogP contribution >= 0.6 is 0 Å². The van der Waals surface area contributed by atoms with Gasteiger partial charge >= 0.3 is 0 Å². The van der Waals surface area contributed by atoms with Crippen molar-refractivity contribution in [2.75, 3.05) is 0 Å². The second-order valence-corrected chi connectivity index (χ2v) is 5.10. The van der Waals surface area contributed by atoms with Crippen molar-refractivity contribution in [1.29, 1.82) is 0 Å². The summed E-state index contributed by atoms with van der Waals surface area (Å²) in [5.74, 6) is 0.348. The Hall–Kier alpha value is -2.10. The Kier molecular flexibility index (Phi) is 4.26. The van der Waals surface area contributed by atoms with E-state index in [-0.39, 0.29) is 5.41 Å². The molecule has 1 rings (SSSR count). The summed E-state index contributed by atoms with van der Waals surface area (Å²) in [6, 6.07) is 6.85. The number of rotatable bonds is 3. The van der Waals surface area contributed by atoms with Gasteiger partial charge in [-0.15, -0.1) is 0 Å². The number of carbonyl (C=O) groups is 1. The van der Waals surface area contributed by atoms with Crippen LogP contribution in [-0.4, -0.2) is 12.1 Å². The molecule has 0 saturated carbocycles. The van der Waals surface area contributed by atoms with Gasteiger partial charge in [0.15, 0.2) is 0 Å². The third-order valence-corrected chi connectivity index (χ3v) is 2.46. The van der Waals surface area contributed by atoms with Gasteiger partial charge in [0.25, 0.3) is 0 Å². The summed E-state index contributed by atoms with van der Waals surface area (Å²) < 4.78 is 0. The van der Waals surface area contributed by atoms with E-state index in [1.165, 1.54) is 0 Å². The largest absolute Gasteiger partial charge is 0.401 e. The van der Waals surface area contributed by atoms with Crippen molar-refractivity contribution in [2.45, 2.75) is 20.8 Å². The molecule has 4 N–H and O–H groups in total. The van der Waals surface area contributed by atoms with E-state index >= 15 is 0 Å². The lowest BCUT2D eigenvalue weighted by Gasteiger charge is -2.18. The first-order valence-electron chi connectivity index (χ1n) is 5.70. The molecule has 0 aliphatic rings. The van der Waals surface area contributed by atoms with Crippen LogP contribution in [0.5, 0.6) is 0 Å². The van der Waals surface area contributed by atoms with Crippen LogP contribution in [0.4, 0.5) is 5.69 Å². The highest BCUT2D eigenvalue weighted by Crippen LogP contribution is 2.20. The van der Waals surface area contributed by atoms with Crippen LogP contribution in [-0.2, 0) is 0 Å². The van der Waals surface area contributed by atoms with Gasteiger partial charge < -0.3 is 11.5 Å². The first kappa shape index (κ1) is 14.0. The van der Waals surface area contributed by atoms with Gasteiger partial charge in [0, 0.05) is 16.7 Å². The zero-order valence-corrected chi connectivity index (χ0v) is 11.0. The highest BCUT2D eigenvalue weighted by molar-refractivity contribution is 5.94. The molecule has 0 aliphatic carbocycles. The molecule has 4 heteroatoms. The Morgan fingerprint density at radius 3 is 2.17 bits per heavy atom. The molecule has 0 heterocycles. The quantitative estimate of drug-likeness (QED) is 0.487. The summed E-state index contributed by atoms with van der Waals surface area (Å²) in [4.78, 5) is 14.7. The SMILES string of the molecule is CC(C)(C)/C(N)=C/C(N)=Nc1ccc(C=O)cc1. The standard InChI is InChI=1S/C14H19N3O/c1-14(2,3)12(15)8-13(16)17-11-6-4-10(9-18)5-7-11/h4-9H,15H2,1-3H3,(H2,16,17)/b12-8-. The predicted molar refractivity (Wildman–Crippen MR) is 74.8 cm³/mol. The van der Waals surface area contributed by atoms with Gasteiger partial charge in [-0.25, -0.2) is 4.99 Å². The fraction of sp³-hybridized carbons (Fsp3) is 0.286. The minimum Gasteiger partial charge on any atom is -0.401 e. The van der Waals surface area contributed by atoms with Crippen molar-refractivity contribution in [3.63, 3.8) is 0 Å². The van der Waals surface area contributed by atoms with E-state index in [0.717, 1.165) is 6.29 Å². The molecule has 1 aromatic rings. The average molecular weight is 245 g/mol. The first-order chi connectivity index (χ1) is 8.32. The van der Waals surface area contributed by atoms with E-state index < -0.39 is 0 Å². The van der Waals surface area contributed by atoms with Gasteiger partial charge in [0.1, 0.15) is 12.1 Å². The third-order valence-electron chi connectivity index (χ3n) is 2.46. The summed E-state index contributed by atoms with van der Waals surface area (Å²) in [6.07, 6.45) is 2.45. The Morgan fingerprint density at radius 1 is 1.17 bits per heavy atom. The smallest absolute Gasteiger partial charge is 0.150 e. The number of hydrogen-bond donors (Lipinski definition) is 2. The Morgan fingerprint density at radius 2 is 1.72 bits per heavy atom. The Bertz CT molecular complexity index is 479. The Balaban J connectivity index is 2.92. The van der Waals surface area contributed by atoms with Crippen LogP contribution in [0.3, 0.4) is 0 Å². The highest BCUT2D eigenvalue weighted by Gasteiger charge is 2.13. The summed E-state index contributed by atoms with van der Waals surface area (Å²) in [5, 5.41) is 0. The molecule has 0 fully saturated rings. The minimum absolute atomic E-state index is 0.137. The normalized spacial score (nSPS) is 13.5. The summed E-state index contributed by atoms with van der Waals surface area (Å²) in [5.41, 5.74) is 13.5. The molecular weight excluding hydrogens is 226 g/mol. The molecular formula is C14H19N3O. The lowest BCUT2D eigenvalue weighted by atomic mass is 9.92. The van der Waals surface area contributed by atoms with Gasteiger partial charge in [-0.05, 0) is 30.3 Å². The van der Waals surface area contributed by atoms with Gasteiger partial charge in [0.2, 0.25) is 0 Å². The van der Waals surface area contributed by atoms with E-state index in [0.29, 0.717) is 22.8 Å². The van der Waals surface area contributed by atoms with Gasteiger partial charge in [-0.1, -0.05) is 20.8 Å². The van der Waals surface area contributed by atoms with Crippen molar-refractivity contribution >= 4 is 17.8 Å². The van der Waals surface area contributed by atoms with Crippen molar-refractivity contribution in [1.82, 2.24) is 0 Å². The lowest BCUT2D eigenvalue weighted by molar-refractivity contribution is 0.112. The number of amidine groups is 1. The fourth-order valence-electron chi connectivity index (χ4n) is 1.18. The first-order valence-corrected chi connectivity index (χ1v) is 5.70. The van der Waals surface area contributed by atoms with E-state index in [4.69, 9.17) is 11.5 Å². The number of allylic oxidation sites excluding steroid dienone is 1. The summed E-state index contributed by atoms with van der Waals surface area (Å²) in [7, 11) is 0. The third kappa shape index (κ3) is 4.05. The van der Waals surface area contributed by atoms with Crippen LogP contribution in [0.2, 0.25) is 0 Å². The molecule has 96 valence electrons. The minimum atomic E-state index is -0.137. The predicted octanol–water partition coefficient (Wildman–Crippen LogP) is 2.38. The molecule has 0 bridgehead atoms. The molecule has 0 spiro atoms. The number of aldehydes is 1. The van der Waals surface area contributed by atoms with Crippen LogP contribution < -0.4 is 11.5 Å². The summed E-state index contributed by atoms with van der Waals surface area (Å²) >= 11 is 0. The Labute approximate surface area is 107 Å². The second kappa shape index (κ2) is 5.49. The molecule has 1 aromatic carbocycles. The number of benzene rings is 1. The number of aliphatic imine (C=N–C) groups is 1. The van der Waals surface area contributed by atoms with Gasteiger partial charge in [0.05, 0.1) is 5.69 Å². The maximum atomic E-state index is 10.5. The van der Waals surface area contributed by atoms with E-state index in [1.54, 1.807) is 30.3 Å². The maximum Gasteiger partial charge on any atom is 0.150 e. The van der Waals surface area contributed by atoms with Crippen LogP contribution in [0.1, 0.15) is 31.1 Å². The second-order valence-electron chi connectivity index (χ2n) is 5.10. The van der Waals surface area contributed by atoms with Crippen molar-refractivity contribution in [2.24, 2.45) is 21.9 Å². The van der Waals surface area contributed by atoms with Crippen LogP contribution in [0.25, 0.3) is 0 Å². The number of hydrogen-bond acceptors (Lipinski definition) is 3. The zero-order chi connectivity index (χ0) is 13.8. The average Bonchev–Trinajstić information content (AvgIpc) is 2.28. The molecule has 0 aromatic heterocycles. The number of carbonyl (C=O) groups excluding carboxylic acids is 1. The van der Waals surface area contributed by atoms with Crippen molar-refractivity contribution in [3.05, 3.63) is 41.6 Å². The highest BCUT2D eigenvalue weighted by atomic mass is 16.1. The molecule has 4 nitrogen and oxygen atoms in total. The van der Waals surface area contributed by atoms with Crippen LogP contribution in [0, 0.1) is 5.41 Å². The van der Waals surface area contributed by atoms with Gasteiger partial charge in [-0.2, -0.15) is 0 Å². The fourth-order valence-corrected chi connectivity index (χ4v) is 1.18. The van der Waals surface area contributed by atoms with E-state index in [9.17, 15) is 4.79 Å². The number of nitrogens with two attached hydrogens (primary N) is 2. The molecule has 0 saturated heterocycles. The van der Waals surface area contributed by atoms with E-state index in [2.05, 4.69) is 4.99 Å². The lowest BCUT2D eigenvalue weighted by Crippen LogP contribution is -2.20. The van der Waals surface area contributed by atoms with E-state index in [1.807, 2.05) is 20.8 Å². The van der Waals surface area contributed by atoms with Gasteiger partial charge in [-0.3, -0.25) is 4.79 Å². The topological polar surface area (TPSA) is 81.5 Å². The summed E-state index contributed by atoms with van der Waals surface area (Å²) in [6.45, 7) is 6.01.